The van der Waals surface area contributed by atoms with Crippen LogP contribution in [0.5, 0.6) is 0 Å². The van der Waals surface area contributed by atoms with Crippen molar-refractivity contribution in [1.29, 1.82) is 0 Å². The van der Waals surface area contributed by atoms with Crippen molar-refractivity contribution in [2.24, 2.45) is 5.92 Å². The molecule has 68 valence electrons. The molecular weight excluding hydrogens is 156 g/mol. The Hall–Kier alpha value is -0.860. The van der Waals surface area contributed by atoms with E-state index >= 15 is 0 Å². The summed E-state index contributed by atoms with van der Waals surface area (Å²) in [7, 11) is 1.30. The number of carbonyl (C=O) groups excluding carboxylic acids is 2. The fraction of sp³-hybridized carbons (Fsp3) is 0.778. The minimum absolute atomic E-state index is 0.00810. The Morgan fingerprint density at radius 2 is 2.08 bits per heavy atom. The monoisotopic (exact) mass is 170 g/mol. The first-order valence-corrected chi connectivity index (χ1v) is 4.31. The molecule has 0 unspecified atom stereocenters. The van der Waals surface area contributed by atoms with Crippen molar-refractivity contribution in [3.63, 3.8) is 0 Å². The standard InChI is InChI=1S/C9H14O3/c1-12-9(11)6-8(10)5-4-7-2-3-7/h7H,2-6H2,1H3. The van der Waals surface area contributed by atoms with Crippen LogP contribution in [0.1, 0.15) is 32.1 Å². The van der Waals surface area contributed by atoms with E-state index in [9.17, 15) is 9.59 Å². The highest BCUT2D eigenvalue weighted by molar-refractivity contribution is 5.95. The SMILES string of the molecule is COC(=O)CC(=O)CCC1CC1. The van der Waals surface area contributed by atoms with E-state index in [0.717, 1.165) is 12.3 Å². The van der Waals surface area contributed by atoms with E-state index in [-0.39, 0.29) is 12.2 Å². The van der Waals surface area contributed by atoms with Gasteiger partial charge >= 0.3 is 5.97 Å². The number of carbonyl (C=O) groups is 2. The maximum Gasteiger partial charge on any atom is 0.313 e. The van der Waals surface area contributed by atoms with Gasteiger partial charge in [-0.15, -0.1) is 0 Å². The molecule has 3 heteroatoms. The molecule has 0 aromatic rings. The summed E-state index contributed by atoms with van der Waals surface area (Å²) in [5.74, 6) is 0.344. The molecule has 1 fully saturated rings. The lowest BCUT2D eigenvalue weighted by atomic mass is 10.1. The summed E-state index contributed by atoms with van der Waals surface area (Å²) >= 11 is 0. The van der Waals surface area contributed by atoms with Crippen molar-refractivity contribution in [3.8, 4) is 0 Å². The molecule has 1 aliphatic rings. The molecule has 0 bridgehead atoms. The number of Topliss-reactive ketones (excluding diaryl/α,β-unsaturated/α-hetero) is 1. The van der Waals surface area contributed by atoms with Gasteiger partial charge in [0.05, 0.1) is 7.11 Å². The zero-order chi connectivity index (χ0) is 8.97. The third kappa shape index (κ3) is 3.51. The largest absolute Gasteiger partial charge is 0.469 e. The normalized spacial score (nSPS) is 15.8. The summed E-state index contributed by atoms with van der Waals surface area (Å²) in [6, 6.07) is 0. The van der Waals surface area contributed by atoms with Gasteiger partial charge in [-0.1, -0.05) is 12.8 Å². The van der Waals surface area contributed by atoms with Crippen molar-refractivity contribution in [3.05, 3.63) is 0 Å². The number of esters is 1. The lowest BCUT2D eigenvalue weighted by Gasteiger charge is -1.97. The predicted octanol–water partition coefficient (Wildman–Crippen LogP) is 1.31. The summed E-state index contributed by atoms with van der Waals surface area (Å²) in [5, 5.41) is 0. The van der Waals surface area contributed by atoms with E-state index in [0.29, 0.717) is 6.42 Å². The number of ketones is 1. The highest BCUT2D eigenvalue weighted by Crippen LogP contribution is 2.33. The first-order valence-electron chi connectivity index (χ1n) is 4.31. The van der Waals surface area contributed by atoms with Gasteiger partial charge in [0.15, 0.2) is 0 Å². The Labute approximate surface area is 72.1 Å². The second kappa shape index (κ2) is 4.24. The van der Waals surface area contributed by atoms with E-state index < -0.39 is 5.97 Å². The minimum Gasteiger partial charge on any atom is -0.469 e. The van der Waals surface area contributed by atoms with Crippen LogP contribution in [0.15, 0.2) is 0 Å². The fourth-order valence-electron chi connectivity index (χ4n) is 1.09. The van der Waals surface area contributed by atoms with E-state index in [1.807, 2.05) is 0 Å². The number of methoxy groups -OCH3 is 1. The van der Waals surface area contributed by atoms with Gasteiger partial charge in [-0.05, 0) is 12.3 Å². The molecule has 1 rings (SSSR count). The van der Waals surface area contributed by atoms with Crippen LogP contribution in [-0.2, 0) is 14.3 Å². The quantitative estimate of drug-likeness (QED) is 0.461. The van der Waals surface area contributed by atoms with Crippen LogP contribution in [0.3, 0.4) is 0 Å². The Bertz CT molecular complexity index is 182. The van der Waals surface area contributed by atoms with Gasteiger partial charge in [0, 0.05) is 6.42 Å². The third-order valence-electron chi connectivity index (χ3n) is 2.10. The number of ether oxygens (including phenoxy) is 1. The minimum atomic E-state index is -0.421. The lowest BCUT2D eigenvalue weighted by Crippen LogP contribution is -2.08. The lowest BCUT2D eigenvalue weighted by molar-refractivity contribution is -0.143. The summed E-state index contributed by atoms with van der Waals surface area (Å²) in [5.41, 5.74) is 0. The van der Waals surface area contributed by atoms with Gasteiger partial charge in [-0.25, -0.2) is 0 Å². The maximum atomic E-state index is 11.0. The van der Waals surface area contributed by atoms with Crippen molar-refractivity contribution in [1.82, 2.24) is 0 Å². The number of hydrogen-bond donors (Lipinski definition) is 0. The molecule has 1 saturated carbocycles. The van der Waals surface area contributed by atoms with Crippen molar-refractivity contribution in [2.75, 3.05) is 7.11 Å². The van der Waals surface area contributed by atoms with Crippen LogP contribution in [-0.4, -0.2) is 18.9 Å². The molecule has 1 aliphatic carbocycles. The molecule has 0 aromatic carbocycles. The topological polar surface area (TPSA) is 43.4 Å². The highest BCUT2D eigenvalue weighted by Gasteiger charge is 2.22. The fourth-order valence-corrected chi connectivity index (χ4v) is 1.09. The van der Waals surface area contributed by atoms with Gasteiger partial charge in [-0.3, -0.25) is 9.59 Å². The van der Waals surface area contributed by atoms with Crippen LogP contribution in [0, 0.1) is 5.92 Å². The first kappa shape index (κ1) is 9.23. The Balaban J connectivity index is 2.05. The number of rotatable bonds is 5. The average Bonchev–Trinajstić information content (AvgIpc) is 2.83. The van der Waals surface area contributed by atoms with E-state index in [1.165, 1.54) is 20.0 Å². The van der Waals surface area contributed by atoms with Crippen LogP contribution < -0.4 is 0 Å². The molecule has 0 atom stereocenters. The van der Waals surface area contributed by atoms with Gasteiger partial charge in [0.25, 0.3) is 0 Å². The molecular formula is C9H14O3. The second-order valence-electron chi connectivity index (χ2n) is 3.27. The Morgan fingerprint density at radius 3 is 2.58 bits per heavy atom. The Kier molecular flexibility index (Phi) is 3.26. The molecule has 0 aliphatic heterocycles. The second-order valence-corrected chi connectivity index (χ2v) is 3.27. The third-order valence-corrected chi connectivity index (χ3v) is 2.10. The van der Waals surface area contributed by atoms with E-state index in [4.69, 9.17) is 0 Å². The number of hydrogen-bond acceptors (Lipinski definition) is 3. The van der Waals surface area contributed by atoms with Gasteiger partial charge in [0.1, 0.15) is 12.2 Å². The van der Waals surface area contributed by atoms with Crippen LogP contribution in [0.4, 0.5) is 0 Å². The molecule has 0 N–H and O–H groups in total. The molecule has 3 nitrogen and oxygen atoms in total. The van der Waals surface area contributed by atoms with Crippen molar-refractivity contribution in [2.45, 2.75) is 32.1 Å². The molecule has 0 saturated heterocycles. The summed E-state index contributed by atoms with van der Waals surface area (Å²) in [6.07, 6.45) is 3.95. The van der Waals surface area contributed by atoms with Crippen LogP contribution in [0.2, 0.25) is 0 Å². The van der Waals surface area contributed by atoms with E-state index in [1.54, 1.807) is 0 Å². The first-order chi connectivity index (χ1) is 5.72. The Morgan fingerprint density at radius 1 is 1.42 bits per heavy atom. The van der Waals surface area contributed by atoms with Gasteiger partial charge in [0.2, 0.25) is 0 Å². The van der Waals surface area contributed by atoms with Crippen LogP contribution in [0.25, 0.3) is 0 Å². The molecule has 0 amide bonds. The maximum absolute atomic E-state index is 11.0. The average molecular weight is 170 g/mol. The molecule has 0 aromatic heterocycles. The summed E-state index contributed by atoms with van der Waals surface area (Å²) < 4.78 is 4.38. The van der Waals surface area contributed by atoms with Gasteiger partial charge < -0.3 is 4.74 Å². The van der Waals surface area contributed by atoms with Crippen molar-refractivity contribution < 1.29 is 14.3 Å². The van der Waals surface area contributed by atoms with E-state index in [2.05, 4.69) is 4.74 Å². The smallest absolute Gasteiger partial charge is 0.313 e. The molecule has 0 heterocycles. The molecule has 0 radical (unpaired) electrons. The molecule has 12 heavy (non-hydrogen) atoms. The molecule has 0 spiro atoms. The van der Waals surface area contributed by atoms with Crippen LogP contribution >= 0.6 is 0 Å². The highest BCUT2D eigenvalue weighted by atomic mass is 16.5. The zero-order valence-electron chi connectivity index (χ0n) is 7.34. The van der Waals surface area contributed by atoms with Gasteiger partial charge in [-0.2, -0.15) is 0 Å². The summed E-state index contributed by atoms with van der Waals surface area (Å²) in [4.78, 5) is 21.7. The summed E-state index contributed by atoms with van der Waals surface area (Å²) in [6.45, 7) is 0. The van der Waals surface area contributed by atoms with Crippen molar-refractivity contribution >= 4 is 11.8 Å². The predicted molar refractivity (Wildman–Crippen MR) is 43.6 cm³/mol. The zero-order valence-corrected chi connectivity index (χ0v) is 7.34.